The maximum atomic E-state index is 12.2. The van der Waals surface area contributed by atoms with E-state index in [9.17, 15) is 9.59 Å². The number of nitrogens with zero attached hydrogens (tertiary/aromatic N) is 1. The first kappa shape index (κ1) is 14.2. The Bertz CT molecular complexity index is 450. The van der Waals surface area contributed by atoms with Crippen LogP contribution in [0.5, 0.6) is 0 Å². The number of thioether (sulfide) groups is 1. The molecule has 0 spiro atoms. The van der Waals surface area contributed by atoms with E-state index in [-0.39, 0.29) is 11.4 Å². The standard InChI is InChI=1S/C12H16N2O3S2/c1-2-10-14(9(7-19-10)11(15)16)12(17)13-6-8-4-3-5-18-8/h3-5,9-10H,2,6-7H2,1H3,(H,13,17)(H,15,16). The van der Waals surface area contributed by atoms with Crippen LogP contribution in [0.1, 0.15) is 18.2 Å². The van der Waals surface area contributed by atoms with Gasteiger partial charge in [-0.2, -0.15) is 0 Å². The number of aliphatic carboxylic acids is 1. The zero-order valence-electron chi connectivity index (χ0n) is 10.5. The van der Waals surface area contributed by atoms with Crippen LogP contribution in [0.4, 0.5) is 4.79 Å². The van der Waals surface area contributed by atoms with Crippen molar-refractivity contribution in [3.8, 4) is 0 Å². The van der Waals surface area contributed by atoms with Crippen molar-refractivity contribution < 1.29 is 14.7 Å². The van der Waals surface area contributed by atoms with Crippen LogP contribution in [0.2, 0.25) is 0 Å². The molecule has 0 saturated carbocycles. The quantitative estimate of drug-likeness (QED) is 0.894. The van der Waals surface area contributed by atoms with E-state index in [0.29, 0.717) is 12.3 Å². The van der Waals surface area contributed by atoms with Gasteiger partial charge in [-0.25, -0.2) is 9.59 Å². The number of rotatable bonds is 4. The molecular formula is C12H16N2O3S2. The lowest BCUT2D eigenvalue weighted by Gasteiger charge is -2.26. The highest BCUT2D eigenvalue weighted by atomic mass is 32.2. The van der Waals surface area contributed by atoms with Crippen molar-refractivity contribution in [2.24, 2.45) is 0 Å². The number of thiophene rings is 1. The molecule has 0 bridgehead atoms. The van der Waals surface area contributed by atoms with Gasteiger partial charge in [-0.05, 0) is 17.9 Å². The average Bonchev–Trinajstić information content (AvgIpc) is 3.04. The Labute approximate surface area is 120 Å². The molecule has 2 unspecified atom stereocenters. The number of carboxylic acid groups (broad SMARTS) is 1. The van der Waals surface area contributed by atoms with Crippen molar-refractivity contribution in [1.82, 2.24) is 10.2 Å². The molecule has 2 N–H and O–H groups in total. The summed E-state index contributed by atoms with van der Waals surface area (Å²) >= 11 is 3.09. The fourth-order valence-electron chi connectivity index (χ4n) is 2.01. The van der Waals surface area contributed by atoms with Crippen molar-refractivity contribution >= 4 is 35.1 Å². The minimum absolute atomic E-state index is 0.0514. The molecular weight excluding hydrogens is 284 g/mol. The number of carbonyl (C=O) groups is 2. The Balaban J connectivity index is 2.00. The second-order valence-corrected chi connectivity index (χ2v) is 6.44. The molecule has 0 radical (unpaired) electrons. The van der Waals surface area contributed by atoms with Crippen molar-refractivity contribution in [1.29, 1.82) is 0 Å². The second kappa shape index (κ2) is 6.29. The summed E-state index contributed by atoms with van der Waals surface area (Å²) in [4.78, 5) is 25.9. The third kappa shape index (κ3) is 3.22. The molecule has 1 aliphatic rings. The molecule has 1 aromatic heterocycles. The van der Waals surface area contributed by atoms with Gasteiger partial charge in [0.2, 0.25) is 0 Å². The summed E-state index contributed by atoms with van der Waals surface area (Å²) in [5.41, 5.74) is 0. The van der Waals surface area contributed by atoms with Gasteiger partial charge < -0.3 is 10.4 Å². The van der Waals surface area contributed by atoms with Gasteiger partial charge >= 0.3 is 12.0 Å². The Morgan fingerprint density at radius 3 is 2.95 bits per heavy atom. The third-order valence-electron chi connectivity index (χ3n) is 2.96. The highest BCUT2D eigenvalue weighted by Crippen LogP contribution is 2.31. The van der Waals surface area contributed by atoms with Crippen molar-refractivity contribution in [2.45, 2.75) is 31.3 Å². The minimum Gasteiger partial charge on any atom is -0.480 e. The molecule has 104 valence electrons. The van der Waals surface area contributed by atoms with E-state index in [4.69, 9.17) is 5.11 Å². The van der Waals surface area contributed by atoms with E-state index in [1.165, 1.54) is 16.7 Å². The number of amides is 2. The lowest BCUT2D eigenvalue weighted by atomic mass is 10.3. The van der Waals surface area contributed by atoms with Crippen molar-refractivity contribution in [3.63, 3.8) is 0 Å². The molecule has 2 atom stereocenters. The molecule has 2 rings (SSSR count). The Morgan fingerprint density at radius 2 is 2.37 bits per heavy atom. The maximum Gasteiger partial charge on any atom is 0.327 e. The number of hydrogen-bond donors (Lipinski definition) is 2. The van der Waals surface area contributed by atoms with E-state index < -0.39 is 12.0 Å². The van der Waals surface area contributed by atoms with Gasteiger partial charge in [0.05, 0.1) is 11.9 Å². The van der Waals surface area contributed by atoms with Crippen LogP contribution in [0.15, 0.2) is 17.5 Å². The summed E-state index contributed by atoms with van der Waals surface area (Å²) < 4.78 is 0. The molecule has 1 aliphatic heterocycles. The minimum atomic E-state index is -0.935. The van der Waals surface area contributed by atoms with E-state index in [1.54, 1.807) is 11.3 Å². The first-order valence-corrected chi connectivity index (χ1v) is 7.99. The highest BCUT2D eigenvalue weighted by molar-refractivity contribution is 8.00. The number of hydrogen-bond acceptors (Lipinski definition) is 4. The monoisotopic (exact) mass is 300 g/mol. The average molecular weight is 300 g/mol. The summed E-state index contributed by atoms with van der Waals surface area (Å²) in [6.45, 7) is 2.40. The van der Waals surface area contributed by atoms with E-state index in [0.717, 1.165) is 11.3 Å². The normalized spacial score (nSPS) is 22.5. The Kier molecular flexibility index (Phi) is 4.71. The number of carboxylic acids is 1. The molecule has 2 amide bonds. The van der Waals surface area contributed by atoms with Crippen molar-refractivity contribution in [3.05, 3.63) is 22.4 Å². The highest BCUT2D eigenvalue weighted by Gasteiger charge is 2.40. The summed E-state index contributed by atoms with van der Waals surface area (Å²) in [5.74, 6) is -0.477. The van der Waals surface area contributed by atoms with Gasteiger partial charge in [0, 0.05) is 10.6 Å². The van der Waals surface area contributed by atoms with E-state index in [2.05, 4.69) is 5.32 Å². The molecule has 2 heterocycles. The van der Waals surface area contributed by atoms with Gasteiger partial charge in [-0.3, -0.25) is 4.90 Å². The Hall–Kier alpha value is -1.21. The van der Waals surface area contributed by atoms with Crippen molar-refractivity contribution in [2.75, 3.05) is 5.75 Å². The van der Waals surface area contributed by atoms with E-state index >= 15 is 0 Å². The third-order valence-corrected chi connectivity index (χ3v) is 5.29. The molecule has 1 fully saturated rings. The van der Waals surface area contributed by atoms with Gasteiger partial charge in [0.15, 0.2) is 0 Å². The lowest BCUT2D eigenvalue weighted by Crippen LogP contribution is -2.49. The molecule has 5 nitrogen and oxygen atoms in total. The molecule has 0 aliphatic carbocycles. The number of nitrogens with one attached hydrogen (secondary N) is 1. The summed E-state index contributed by atoms with van der Waals surface area (Å²) in [6.07, 6.45) is 0.751. The van der Waals surface area contributed by atoms with Crippen LogP contribution in [-0.4, -0.2) is 39.2 Å². The summed E-state index contributed by atoms with van der Waals surface area (Å²) in [5, 5.41) is 13.9. The second-order valence-electron chi connectivity index (χ2n) is 4.20. The van der Waals surface area contributed by atoms with Gasteiger partial charge in [0.1, 0.15) is 6.04 Å². The Morgan fingerprint density at radius 1 is 1.58 bits per heavy atom. The lowest BCUT2D eigenvalue weighted by molar-refractivity contribution is -0.141. The summed E-state index contributed by atoms with van der Waals surface area (Å²) in [6, 6.07) is 2.85. The van der Waals surface area contributed by atoms with Crippen LogP contribution < -0.4 is 5.32 Å². The fraction of sp³-hybridized carbons (Fsp3) is 0.500. The predicted octanol–water partition coefficient (Wildman–Crippen LogP) is 2.20. The number of urea groups is 1. The molecule has 7 heteroatoms. The van der Waals surface area contributed by atoms with Crippen LogP contribution >= 0.6 is 23.1 Å². The van der Waals surface area contributed by atoms with Crippen LogP contribution in [-0.2, 0) is 11.3 Å². The smallest absolute Gasteiger partial charge is 0.327 e. The number of carbonyl (C=O) groups excluding carboxylic acids is 1. The molecule has 19 heavy (non-hydrogen) atoms. The predicted molar refractivity (Wildman–Crippen MR) is 76.4 cm³/mol. The molecule has 1 saturated heterocycles. The van der Waals surface area contributed by atoms with Crippen LogP contribution in [0, 0.1) is 0 Å². The topological polar surface area (TPSA) is 69.6 Å². The largest absolute Gasteiger partial charge is 0.480 e. The zero-order valence-corrected chi connectivity index (χ0v) is 12.2. The van der Waals surface area contributed by atoms with Crippen LogP contribution in [0.25, 0.3) is 0 Å². The summed E-state index contributed by atoms with van der Waals surface area (Å²) in [7, 11) is 0. The van der Waals surface area contributed by atoms with Gasteiger partial charge in [0.25, 0.3) is 0 Å². The fourth-order valence-corrected chi connectivity index (χ4v) is 4.00. The first-order chi connectivity index (χ1) is 9.13. The first-order valence-electron chi connectivity index (χ1n) is 6.06. The maximum absolute atomic E-state index is 12.2. The van der Waals surface area contributed by atoms with E-state index in [1.807, 2.05) is 24.4 Å². The zero-order chi connectivity index (χ0) is 13.8. The van der Waals surface area contributed by atoms with Gasteiger partial charge in [-0.1, -0.05) is 13.0 Å². The SMILES string of the molecule is CCC1SCC(C(=O)O)N1C(=O)NCc1cccs1. The van der Waals surface area contributed by atoms with Crippen LogP contribution in [0.3, 0.4) is 0 Å². The molecule has 1 aromatic rings. The molecule has 0 aromatic carbocycles. The van der Waals surface area contributed by atoms with Gasteiger partial charge in [-0.15, -0.1) is 23.1 Å².